The second kappa shape index (κ2) is 4.69. The highest BCUT2D eigenvalue weighted by molar-refractivity contribution is 6.09. The molecule has 0 fully saturated rings. The Hall–Kier alpha value is -1.83. The fraction of sp³-hybridized carbons (Fsp3) is 0.353. The molecule has 0 aromatic heterocycles. The molecule has 1 unspecified atom stereocenters. The van der Waals surface area contributed by atoms with E-state index in [0.717, 1.165) is 36.5 Å². The standard InChI is InChI=1S/C17H19NO/c1-4-15(18-3)13-10-14-12-7-5-6-8-16(12)19-17(14)9-11(13)2/h4,6,8-9,14H,1,5,7,10H2,2-3H3/b18-15-. The third kappa shape index (κ3) is 1.92. The summed E-state index contributed by atoms with van der Waals surface area (Å²) in [5.41, 5.74) is 5.01. The van der Waals surface area contributed by atoms with Crippen LogP contribution in [0.3, 0.4) is 0 Å². The number of ether oxygens (including phenoxy) is 1. The maximum atomic E-state index is 5.99. The Kier molecular flexibility index (Phi) is 3.02. The van der Waals surface area contributed by atoms with Crippen LogP contribution in [0, 0.1) is 5.92 Å². The normalized spacial score (nSPS) is 25.9. The number of allylic oxidation sites excluding steroid dienone is 7. The molecule has 0 bridgehead atoms. The van der Waals surface area contributed by atoms with Gasteiger partial charge in [0.05, 0.1) is 5.71 Å². The zero-order valence-corrected chi connectivity index (χ0v) is 11.6. The van der Waals surface area contributed by atoms with Gasteiger partial charge in [-0.25, -0.2) is 0 Å². The number of hydrogen-bond acceptors (Lipinski definition) is 2. The number of nitrogens with zero attached hydrogens (tertiary/aromatic N) is 1. The highest BCUT2D eigenvalue weighted by Gasteiger charge is 2.35. The Morgan fingerprint density at radius 2 is 2.37 bits per heavy atom. The Morgan fingerprint density at radius 3 is 3.11 bits per heavy atom. The van der Waals surface area contributed by atoms with Gasteiger partial charge >= 0.3 is 0 Å². The first-order valence-corrected chi connectivity index (χ1v) is 6.83. The van der Waals surface area contributed by atoms with E-state index in [4.69, 9.17) is 4.74 Å². The minimum Gasteiger partial charge on any atom is -0.461 e. The summed E-state index contributed by atoms with van der Waals surface area (Å²) in [5, 5.41) is 0. The second-order valence-electron chi connectivity index (χ2n) is 5.21. The Bertz CT molecular complexity index is 584. The van der Waals surface area contributed by atoms with Gasteiger partial charge in [0.2, 0.25) is 0 Å². The minimum absolute atomic E-state index is 0.412. The molecule has 1 atom stereocenters. The van der Waals surface area contributed by atoms with Crippen LogP contribution in [-0.2, 0) is 4.74 Å². The SMILES string of the molecule is C=C/C(=N/C)C1=C(C)C=C2OC3=C(CCC=C3)C2C1. The average molecular weight is 253 g/mol. The molecule has 2 heteroatoms. The molecule has 0 amide bonds. The fourth-order valence-corrected chi connectivity index (χ4v) is 3.15. The van der Waals surface area contributed by atoms with E-state index in [2.05, 4.69) is 36.7 Å². The summed E-state index contributed by atoms with van der Waals surface area (Å²) >= 11 is 0. The van der Waals surface area contributed by atoms with Crippen LogP contribution in [0.4, 0.5) is 0 Å². The summed E-state index contributed by atoms with van der Waals surface area (Å²) in [6.45, 7) is 6.00. The lowest BCUT2D eigenvalue weighted by molar-refractivity contribution is 0.314. The molecule has 0 aromatic rings. The first-order chi connectivity index (χ1) is 9.24. The van der Waals surface area contributed by atoms with E-state index in [1.54, 1.807) is 0 Å². The van der Waals surface area contributed by atoms with Gasteiger partial charge in [-0.15, -0.1) is 0 Å². The summed E-state index contributed by atoms with van der Waals surface area (Å²) in [4.78, 5) is 4.34. The predicted molar refractivity (Wildman–Crippen MR) is 78.9 cm³/mol. The monoisotopic (exact) mass is 253 g/mol. The van der Waals surface area contributed by atoms with E-state index in [0.29, 0.717) is 5.92 Å². The lowest BCUT2D eigenvalue weighted by Crippen LogP contribution is -2.15. The van der Waals surface area contributed by atoms with Crippen LogP contribution in [0.1, 0.15) is 26.2 Å². The smallest absolute Gasteiger partial charge is 0.126 e. The van der Waals surface area contributed by atoms with E-state index in [-0.39, 0.29) is 0 Å². The zero-order valence-electron chi connectivity index (χ0n) is 11.6. The molecule has 0 saturated heterocycles. The number of hydrogen-bond donors (Lipinski definition) is 0. The van der Waals surface area contributed by atoms with Crippen molar-refractivity contribution < 1.29 is 4.74 Å². The van der Waals surface area contributed by atoms with Crippen molar-refractivity contribution in [3.63, 3.8) is 0 Å². The van der Waals surface area contributed by atoms with Gasteiger partial charge in [0.15, 0.2) is 0 Å². The first kappa shape index (κ1) is 12.2. The molecule has 2 aliphatic carbocycles. The van der Waals surface area contributed by atoms with Crippen molar-refractivity contribution in [2.75, 3.05) is 7.05 Å². The maximum absolute atomic E-state index is 5.99. The van der Waals surface area contributed by atoms with Crippen molar-refractivity contribution >= 4 is 5.71 Å². The molecule has 0 N–H and O–H groups in total. The van der Waals surface area contributed by atoms with Gasteiger partial charge in [0.1, 0.15) is 11.5 Å². The molecule has 98 valence electrons. The predicted octanol–water partition coefficient (Wildman–Crippen LogP) is 4.10. The molecule has 0 radical (unpaired) electrons. The van der Waals surface area contributed by atoms with Crippen LogP contribution in [-0.4, -0.2) is 12.8 Å². The van der Waals surface area contributed by atoms with Gasteiger partial charge in [-0.3, -0.25) is 4.99 Å². The van der Waals surface area contributed by atoms with Crippen molar-refractivity contribution in [2.24, 2.45) is 10.9 Å². The molecule has 0 aromatic carbocycles. The molecular weight excluding hydrogens is 234 g/mol. The minimum atomic E-state index is 0.412. The third-order valence-corrected chi connectivity index (χ3v) is 4.14. The van der Waals surface area contributed by atoms with Crippen LogP contribution in [0.2, 0.25) is 0 Å². The van der Waals surface area contributed by atoms with Crippen molar-refractivity contribution in [3.05, 3.63) is 59.1 Å². The lowest BCUT2D eigenvalue weighted by atomic mass is 9.80. The van der Waals surface area contributed by atoms with E-state index >= 15 is 0 Å². The lowest BCUT2D eigenvalue weighted by Gasteiger charge is -2.23. The quantitative estimate of drug-likeness (QED) is 0.679. The van der Waals surface area contributed by atoms with E-state index in [1.165, 1.54) is 16.7 Å². The molecule has 19 heavy (non-hydrogen) atoms. The van der Waals surface area contributed by atoms with Gasteiger partial charge in [0.25, 0.3) is 0 Å². The largest absolute Gasteiger partial charge is 0.461 e. The van der Waals surface area contributed by atoms with Gasteiger partial charge < -0.3 is 4.74 Å². The van der Waals surface area contributed by atoms with Crippen molar-refractivity contribution in [3.8, 4) is 0 Å². The molecule has 2 nitrogen and oxygen atoms in total. The Balaban J connectivity index is 1.98. The highest BCUT2D eigenvalue weighted by atomic mass is 16.5. The molecular formula is C17H19NO. The van der Waals surface area contributed by atoms with E-state index in [1.807, 2.05) is 13.1 Å². The second-order valence-corrected chi connectivity index (χ2v) is 5.21. The van der Waals surface area contributed by atoms with Crippen LogP contribution in [0.5, 0.6) is 0 Å². The van der Waals surface area contributed by atoms with Crippen LogP contribution in [0.25, 0.3) is 0 Å². The zero-order chi connectivity index (χ0) is 13.4. The van der Waals surface area contributed by atoms with Crippen LogP contribution < -0.4 is 0 Å². The van der Waals surface area contributed by atoms with Crippen molar-refractivity contribution in [1.29, 1.82) is 0 Å². The molecule has 0 spiro atoms. The van der Waals surface area contributed by atoms with Crippen molar-refractivity contribution in [1.82, 2.24) is 0 Å². The summed E-state index contributed by atoms with van der Waals surface area (Å²) in [6.07, 6.45) is 11.6. The van der Waals surface area contributed by atoms with Crippen molar-refractivity contribution in [2.45, 2.75) is 26.2 Å². The van der Waals surface area contributed by atoms with Crippen LogP contribution >= 0.6 is 0 Å². The number of aliphatic imine (C=N–C) groups is 1. The number of fused-ring (bicyclic) bond motifs is 2. The van der Waals surface area contributed by atoms with Gasteiger partial charge in [-0.05, 0) is 61.1 Å². The van der Waals surface area contributed by atoms with E-state index < -0.39 is 0 Å². The van der Waals surface area contributed by atoms with Gasteiger partial charge in [-0.1, -0.05) is 12.7 Å². The Morgan fingerprint density at radius 1 is 1.53 bits per heavy atom. The first-order valence-electron chi connectivity index (χ1n) is 6.83. The summed E-state index contributed by atoms with van der Waals surface area (Å²) in [5.74, 6) is 2.60. The maximum Gasteiger partial charge on any atom is 0.126 e. The molecule has 1 aliphatic heterocycles. The number of rotatable bonds is 2. The summed E-state index contributed by atoms with van der Waals surface area (Å²) in [6, 6.07) is 0. The molecule has 0 saturated carbocycles. The van der Waals surface area contributed by atoms with Gasteiger partial charge in [-0.2, -0.15) is 0 Å². The summed E-state index contributed by atoms with van der Waals surface area (Å²) in [7, 11) is 1.83. The molecule has 3 rings (SSSR count). The fourth-order valence-electron chi connectivity index (χ4n) is 3.15. The molecule has 3 aliphatic rings. The molecule has 1 heterocycles. The Labute approximate surface area is 114 Å². The summed E-state index contributed by atoms with van der Waals surface area (Å²) < 4.78 is 5.99. The topological polar surface area (TPSA) is 21.6 Å². The van der Waals surface area contributed by atoms with Crippen LogP contribution in [0.15, 0.2) is 64.1 Å². The van der Waals surface area contributed by atoms with E-state index in [9.17, 15) is 0 Å². The van der Waals surface area contributed by atoms with Gasteiger partial charge in [0, 0.05) is 13.0 Å². The highest BCUT2D eigenvalue weighted by Crippen LogP contribution is 2.46. The third-order valence-electron chi connectivity index (χ3n) is 4.14. The average Bonchev–Trinajstić information content (AvgIpc) is 2.78.